The fourth-order valence-electron chi connectivity index (χ4n) is 3.81. The molecular weight excluding hydrogens is 444 g/mol. The second kappa shape index (κ2) is 8.14. The van der Waals surface area contributed by atoms with Gasteiger partial charge in [0.15, 0.2) is 9.84 Å². The Bertz CT molecular complexity index is 1300. The smallest absolute Gasteiger partial charge is 0.407 e. The summed E-state index contributed by atoms with van der Waals surface area (Å²) in [6.07, 6.45) is 1.13. The van der Waals surface area contributed by atoms with Crippen molar-refractivity contribution in [2.45, 2.75) is 24.3 Å². The number of halogens is 2. The summed E-state index contributed by atoms with van der Waals surface area (Å²) < 4.78 is 60.9. The summed E-state index contributed by atoms with van der Waals surface area (Å²) in [5.74, 6) is -2.10. The zero-order chi connectivity index (χ0) is 23.2. The number of pyridine rings is 1. The number of morpholine rings is 1. The van der Waals surface area contributed by atoms with Gasteiger partial charge in [0, 0.05) is 25.4 Å². The molecule has 170 valence electrons. The fraction of sp³-hybridized carbons (Fsp3) is 0.333. The van der Waals surface area contributed by atoms with Crippen molar-refractivity contribution in [1.29, 1.82) is 0 Å². The molecule has 1 aromatic carbocycles. The monoisotopic (exact) mass is 465 g/mol. The van der Waals surface area contributed by atoms with Gasteiger partial charge in [-0.1, -0.05) is 0 Å². The molecule has 11 heteroatoms. The largest absolute Gasteiger partial charge is 0.465 e. The average molecular weight is 465 g/mol. The molecule has 0 aliphatic carbocycles. The number of aryl methyl sites for hydroxylation is 1. The average Bonchev–Trinajstić information content (AvgIpc) is 3.04. The van der Waals surface area contributed by atoms with Gasteiger partial charge in [-0.05, 0) is 36.8 Å². The molecule has 32 heavy (non-hydrogen) atoms. The van der Waals surface area contributed by atoms with E-state index in [0.717, 1.165) is 24.0 Å². The van der Waals surface area contributed by atoms with Gasteiger partial charge in [0.1, 0.15) is 17.3 Å². The van der Waals surface area contributed by atoms with E-state index < -0.39 is 44.1 Å². The first kappa shape index (κ1) is 22.2. The Hall–Kier alpha value is -3.05. The third-order valence-electron chi connectivity index (χ3n) is 5.39. The number of sulfone groups is 1. The van der Waals surface area contributed by atoms with E-state index in [0.29, 0.717) is 11.3 Å². The molecule has 0 saturated carbocycles. The van der Waals surface area contributed by atoms with Crippen LogP contribution in [0.3, 0.4) is 0 Å². The summed E-state index contributed by atoms with van der Waals surface area (Å²) in [6.45, 7) is 2.39. The number of hydrogen-bond donors (Lipinski definition) is 1. The predicted molar refractivity (Wildman–Crippen MR) is 111 cm³/mol. The van der Waals surface area contributed by atoms with E-state index in [4.69, 9.17) is 4.74 Å². The first-order valence-corrected chi connectivity index (χ1v) is 11.7. The summed E-state index contributed by atoms with van der Waals surface area (Å²) in [5.41, 5.74) is 1.34. The normalized spacial score (nSPS) is 17.1. The highest BCUT2D eigenvalue weighted by Gasteiger charge is 2.29. The Morgan fingerprint density at radius 3 is 2.59 bits per heavy atom. The molecular formula is C21H21F2N3O5S. The third-order valence-corrected chi connectivity index (χ3v) is 6.48. The lowest BCUT2D eigenvalue weighted by atomic mass is 10.0. The molecule has 2 aromatic heterocycles. The van der Waals surface area contributed by atoms with Crippen LogP contribution < -0.4 is 0 Å². The summed E-state index contributed by atoms with van der Waals surface area (Å²) >= 11 is 0. The Labute approximate surface area is 183 Å². The topological polar surface area (TPSA) is 101 Å². The van der Waals surface area contributed by atoms with Crippen LogP contribution in [0.15, 0.2) is 35.4 Å². The number of fused-ring (bicyclic) bond motifs is 1. The molecule has 4 rings (SSSR count). The van der Waals surface area contributed by atoms with Crippen molar-refractivity contribution < 1.29 is 31.8 Å². The number of carboxylic acid groups (broad SMARTS) is 1. The van der Waals surface area contributed by atoms with Crippen LogP contribution in [0.5, 0.6) is 0 Å². The van der Waals surface area contributed by atoms with Gasteiger partial charge in [-0.3, -0.25) is 0 Å². The van der Waals surface area contributed by atoms with Gasteiger partial charge >= 0.3 is 6.09 Å². The van der Waals surface area contributed by atoms with Gasteiger partial charge in [0.2, 0.25) is 0 Å². The maximum absolute atomic E-state index is 15.0. The Kier molecular flexibility index (Phi) is 5.63. The SMILES string of the molecule is Cc1ccn2c(CC3CN(C(=O)O)CCO3)c(-c3c(F)cc(S(C)(=O)=O)cc3F)nc2c1. The molecule has 1 saturated heterocycles. The Morgan fingerprint density at radius 2 is 1.97 bits per heavy atom. The van der Waals surface area contributed by atoms with E-state index in [2.05, 4.69) is 4.98 Å². The van der Waals surface area contributed by atoms with Crippen LogP contribution in [-0.2, 0) is 21.0 Å². The molecule has 1 fully saturated rings. The number of imidazole rings is 1. The molecule has 1 aliphatic heterocycles. The van der Waals surface area contributed by atoms with E-state index in [1.807, 2.05) is 13.0 Å². The molecule has 1 atom stereocenters. The number of benzene rings is 1. The van der Waals surface area contributed by atoms with E-state index in [1.165, 1.54) is 4.90 Å². The zero-order valence-corrected chi connectivity index (χ0v) is 18.2. The molecule has 3 heterocycles. The third kappa shape index (κ3) is 4.17. The van der Waals surface area contributed by atoms with Crippen molar-refractivity contribution in [1.82, 2.24) is 14.3 Å². The zero-order valence-electron chi connectivity index (χ0n) is 17.4. The predicted octanol–water partition coefficient (Wildman–Crippen LogP) is 2.91. The molecule has 0 bridgehead atoms. The van der Waals surface area contributed by atoms with Crippen molar-refractivity contribution in [2.24, 2.45) is 0 Å². The van der Waals surface area contributed by atoms with Crippen LogP contribution in [0.2, 0.25) is 0 Å². The van der Waals surface area contributed by atoms with Crippen molar-refractivity contribution >= 4 is 21.6 Å². The first-order valence-electron chi connectivity index (χ1n) is 9.81. The van der Waals surface area contributed by atoms with E-state index in [1.54, 1.807) is 16.7 Å². The first-order chi connectivity index (χ1) is 15.0. The Morgan fingerprint density at radius 1 is 1.28 bits per heavy atom. The summed E-state index contributed by atoms with van der Waals surface area (Å²) in [4.78, 5) is 16.5. The molecule has 1 aliphatic rings. The number of carbonyl (C=O) groups is 1. The minimum absolute atomic E-state index is 0.0155. The van der Waals surface area contributed by atoms with Gasteiger partial charge in [-0.15, -0.1) is 0 Å². The number of rotatable bonds is 4. The number of ether oxygens (including phenoxy) is 1. The van der Waals surface area contributed by atoms with Crippen molar-refractivity contribution in [3.63, 3.8) is 0 Å². The van der Waals surface area contributed by atoms with Crippen LogP contribution in [0, 0.1) is 18.6 Å². The van der Waals surface area contributed by atoms with Gasteiger partial charge in [-0.2, -0.15) is 0 Å². The minimum atomic E-state index is -3.81. The number of amides is 1. The Balaban J connectivity index is 1.85. The lowest BCUT2D eigenvalue weighted by molar-refractivity contribution is -0.0214. The highest BCUT2D eigenvalue weighted by Crippen LogP contribution is 2.32. The van der Waals surface area contributed by atoms with Gasteiger partial charge in [-0.25, -0.2) is 27.0 Å². The molecule has 1 unspecified atom stereocenters. The molecule has 0 spiro atoms. The van der Waals surface area contributed by atoms with Gasteiger partial charge in [0.05, 0.1) is 41.1 Å². The maximum atomic E-state index is 15.0. The molecule has 0 radical (unpaired) electrons. The van der Waals surface area contributed by atoms with Crippen LogP contribution >= 0.6 is 0 Å². The quantitative estimate of drug-likeness (QED) is 0.636. The molecule has 3 aromatic rings. The highest BCUT2D eigenvalue weighted by molar-refractivity contribution is 7.90. The summed E-state index contributed by atoms with van der Waals surface area (Å²) in [5, 5.41) is 9.29. The number of aromatic nitrogens is 2. The van der Waals surface area contributed by atoms with Crippen LogP contribution in [-0.4, -0.2) is 66.0 Å². The second-order valence-electron chi connectivity index (χ2n) is 7.80. The maximum Gasteiger partial charge on any atom is 0.407 e. The lowest BCUT2D eigenvalue weighted by Crippen LogP contribution is -2.45. The van der Waals surface area contributed by atoms with E-state index in [-0.39, 0.29) is 31.8 Å². The highest BCUT2D eigenvalue weighted by atomic mass is 32.2. The van der Waals surface area contributed by atoms with Crippen molar-refractivity contribution in [3.05, 3.63) is 53.4 Å². The second-order valence-corrected chi connectivity index (χ2v) is 9.81. The van der Waals surface area contributed by atoms with E-state index >= 15 is 0 Å². The summed E-state index contributed by atoms with van der Waals surface area (Å²) in [7, 11) is -3.81. The number of nitrogens with zero attached hydrogens (tertiary/aromatic N) is 3. The molecule has 1 amide bonds. The standard InChI is InChI=1S/C21H21F2N3O5S/c1-12-3-4-26-17(8-13-11-25(21(27)28)5-6-31-13)20(24-18(26)7-12)19-15(22)9-14(10-16(19)23)32(2,29)30/h3-4,7,9-10,13H,5-6,8,11H2,1-2H3,(H,27,28). The van der Waals surface area contributed by atoms with Crippen molar-refractivity contribution in [2.75, 3.05) is 26.0 Å². The van der Waals surface area contributed by atoms with Crippen LogP contribution in [0.25, 0.3) is 16.9 Å². The van der Waals surface area contributed by atoms with Gasteiger partial charge < -0.3 is 19.1 Å². The van der Waals surface area contributed by atoms with Crippen molar-refractivity contribution in [3.8, 4) is 11.3 Å². The lowest BCUT2D eigenvalue weighted by Gasteiger charge is -2.31. The summed E-state index contributed by atoms with van der Waals surface area (Å²) in [6, 6.07) is 5.11. The fourth-order valence-corrected chi connectivity index (χ4v) is 4.45. The van der Waals surface area contributed by atoms with E-state index in [9.17, 15) is 27.1 Å². The molecule has 8 nitrogen and oxygen atoms in total. The van der Waals surface area contributed by atoms with Crippen LogP contribution in [0.1, 0.15) is 11.3 Å². The number of hydrogen-bond acceptors (Lipinski definition) is 5. The molecule has 1 N–H and O–H groups in total. The minimum Gasteiger partial charge on any atom is -0.465 e. The van der Waals surface area contributed by atoms with Gasteiger partial charge in [0.25, 0.3) is 0 Å². The van der Waals surface area contributed by atoms with Crippen LogP contribution in [0.4, 0.5) is 13.6 Å².